The van der Waals surface area contributed by atoms with E-state index in [1.807, 2.05) is 6.07 Å². The van der Waals surface area contributed by atoms with Crippen LogP contribution in [0.4, 0.5) is 0 Å². The number of halogens is 1. The molecule has 0 radical (unpaired) electrons. The number of nitrogens with zero attached hydrogens (tertiary/aromatic N) is 4. The van der Waals surface area contributed by atoms with Gasteiger partial charge in [-0.2, -0.15) is 0 Å². The van der Waals surface area contributed by atoms with Crippen LogP contribution in [0.25, 0.3) is 116 Å². The van der Waals surface area contributed by atoms with Crippen LogP contribution in [-0.2, 0) is 0 Å². The monoisotopic (exact) mass is 758 g/mol. The fourth-order valence-corrected chi connectivity index (χ4v) is 9.03. The predicted octanol–water partition coefficient (Wildman–Crippen LogP) is 14.4. The topological polar surface area (TPSA) is 43.6 Å². The Morgan fingerprint density at radius 3 is 1.67 bits per heavy atom. The van der Waals surface area contributed by atoms with Crippen molar-refractivity contribution in [1.29, 1.82) is 0 Å². The molecule has 0 aliphatic carbocycles. The van der Waals surface area contributed by atoms with Gasteiger partial charge in [0.15, 0.2) is 17.5 Å². The summed E-state index contributed by atoms with van der Waals surface area (Å²) in [5, 5.41) is 14.6. The van der Waals surface area contributed by atoms with Gasteiger partial charge < -0.3 is 4.57 Å². The van der Waals surface area contributed by atoms with Gasteiger partial charge in [0.2, 0.25) is 0 Å². The molecule has 0 saturated heterocycles. The molecule has 270 valence electrons. The summed E-state index contributed by atoms with van der Waals surface area (Å²) < 4.78 is 2.36. The maximum atomic E-state index is 6.69. The molecule has 0 N–H and O–H groups in total. The van der Waals surface area contributed by atoms with Crippen molar-refractivity contribution in [3.8, 4) is 39.9 Å². The van der Waals surface area contributed by atoms with Crippen LogP contribution >= 0.6 is 11.6 Å². The molecule has 2 aromatic heterocycles. The first-order valence-electron chi connectivity index (χ1n) is 19.5. The van der Waals surface area contributed by atoms with Crippen molar-refractivity contribution in [3.05, 3.63) is 193 Å². The second kappa shape index (κ2) is 12.8. The first kappa shape index (κ1) is 32.8. The largest absolute Gasteiger partial charge is 0.309 e. The van der Waals surface area contributed by atoms with Gasteiger partial charge in [0, 0.05) is 37.9 Å². The average Bonchev–Trinajstić information content (AvgIpc) is 3.58. The lowest BCUT2D eigenvalue weighted by atomic mass is 9.96. The Labute approximate surface area is 338 Å². The maximum Gasteiger partial charge on any atom is 0.164 e. The first-order chi connectivity index (χ1) is 28.6. The quantitative estimate of drug-likeness (QED) is 0.168. The van der Waals surface area contributed by atoms with Crippen molar-refractivity contribution in [3.63, 3.8) is 0 Å². The summed E-state index contributed by atoms with van der Waals surface area (Å²) in [6.07, 6.45) is 0. The molecule has 0 unspecified atom stereocenters. The lowest BCUT2D eigenvalue weighted by Gasteiger charge is -2.14. The van der Waals surface area contributed by atoms with Gasteiger partial charge >= 0.3 is 0 Å². The maximum absolute atomic E-state index is 6.69. The molecule has 10 aromatic carbocycles. The summed E-state index contributed by atoms with van der Waals surface area (Å²) in [5.74, 6) is 1.89. The molecule has 5 heteroatoms. The van der Waals surface area contributed by atoms with Crippen LogP contribution < -0.4 is 0 Å². The molecule has 0 atom stereocenters. The number of hydrogen-bond acceptors (Lipinski definition) is 3. The highest BCUT2D eigenvalue weighted by molar-refractivity contribution is 6.32. The summed E-state index contributed by atoms with van der Waals surface area (Å²) in [6.45, 7) is 0. The normalized spacial score (nSPS) is 11.9. The molecule has 0 bridgehead atoms. The van der Waals surface area contributed by atoms with Crippen LogP contribution in [0.2, 0.25) is 5.02 Å². The van der Waals surface area contributed by atoms with Crippen LogP contribution in [0, 0.1) is 0 Å². The smallest absolute Gasteiger partial charge is 0.164 e. The Hall–Kier alpha value is -7.40. The second-order valence-electron chi connectivity index (χ2n) is 15.0. The summed E-state index contributed by atoms with van der Waals surface area (Å²) in [4.78, 5) is 15.7. The highest BCUT2D eigenvalue weighted by Crippen LogP contribution is 2.40. The molecule has 12 rings (SSSR count). The van der Waals surface area contributed by atoms with Gasteiger partial charge in [-0.1, -0.05) is 151 Å². The van der Waals surface area contributed by atoms with Crippen LogP contribution in [0.3, 0.4) is 0 Å². The summed E-state index contributed by atoms with van der Waals surface area (Å²) in [7, 11) is 0. The zero-order chi connectivity index (χ0) is 38.3. The van der Waals surface area contributed by atoms with Gasteiger partial charge in [0.1, 0.15) is 0 Å². The van der Waals surface area contributed by atoms with E-state index in [2.05, 4.69) is 187 Å². The molecule has 0 aliphatic heterocycles. The van der Waals surface area contributed by atoms with E-state index in [0.717, 1.165) is 60.3 Å². The number of hydrogen-bond donors (Lipinski definition) is 0. The van der Waals surface area contributed by atoms with E-state index in [1.54, 1.807) is 0 Å². The van der Waals surface area contributed by atoms with Gasteiger partial charge in [-0.05, 0) is 97.0 Å². The Kier molecular flexibility index (Phi) is 7.25. The minimum Gasteiger partial charge on any atom is -0.309 e. The number of aromatic nitrogens is 4. The SMILES string of the molecule is Clc1ccc2c3cc4ccccc4cc3n(-c3cccc4cc(-c5nc(-c6ccc7ccccc7c6)nc(-c6cc7ccccc7c7ccccc67)n5)ccc34)c2c1. The molecule has 12 aromatic rings. The highest BCUT2D eigenvalue weighted by Gasteiger charge is 2.19. The van der Waals surface area contributed by atoms with Crippen LogP contribution in [0.1, 0.15) is 0 Å². The molecule has 2 heterocycles. The van der Waals surface area contributed by atoms with Crippen LogP contribution in [0.5, 0.6) is 0 Å². The molecule has 0 fully saturated rings. The molecular weight excluding hydrogens is 728 g/mol. The van der Waals surface area contributed by atoms with Gasteiger partial charge in [0.25, 0.3) is 0 Å². The van der Waals surface area contributed by atoms with Gasteiger partial charge in [-0.3, -0.25) is 0 Å². The molecule has 58 heavy (non-hydrogen) atoms. The molecular formula is C53H31ClN4. The van der Waals surface area contributed by atoms with Gasteiger partial charge in [-0.15, -0.1) is 0 Å². The average molecular weight is 759 g/mol. The molecule has 4 nitrogen and oxygen atoms in total. The highest BCUT2D eigenvalue weighted by atomic mass is 35.5. The van der Waals surface area contributed by atoms with E-state index in [1.165, 1.54) is 37.7 Å². The predicted molar refractivity (Wildman–Crippen MR) is 243 cm³/mol. The fraction of sp³-hybridized carbons (Fsp3) is 0. The van der Waals surface area contributed by atoms with E-state index >= 15 is 0 Å². The minimum absolute atomic E-state index is 0.618. The number of rotatable bonds is 4. The Bertz CT molecular complexity index is 3660. The lowest BCUT2D eigenvalue weighted by Crippen LogP contribution is -2.01. The molecule has 0 saturated carbocycles. The van der Waals surface area contributed by atoms with Crippen molar-refractivity contribution in [2.24, 2.45) is 0 Å². The molecule has 0 amide bonds. The third-order valence-electron chi connectivity index (χ3n) is 11.6. The van der Waals surface area contributed by atoms with Gasteiger partial charge in [0.05, 0.1) is 16.7 Å². The Morgan fingerprint density at radius 1 is 0.328 bits per heavy atom. The number of benzene rings is 10. The van der Waals surface area contributed by atoms with Crippen molar-refractivity contribution in [1.82, 2.24) is 19.5 Å². The second-order valence-corrected chi connectivity index (χ2v) is 15.4. The van der Waals surface area contributed by atoms with Crippen LogP contribution in [0.15, 0.2) is 188 Å². The van der Waals surface area contributed by atoms with E-state index < -0.39 is 0 Å². The standard InChI is InChI=1S/C53H31ClN4/c54-40-23-25-45-46-28-34-12-3-4-13-35(34)30-49(46)58(50(45)31-40)48-19-9-15-36-27-39(22-24-42(36)48)52-55-51(38-21-20-32-10-1-2-11-33(32)26-38)56-53(57-52)47-29-37-14-5-6-16-41(37)43-17-7-8-18-44(43)47/h1-31H. The first-order valence-corrected chi connectivity index (χ1v) is 19.8. The van der Waals surface area contributed by atoms with Crippen LogP contribution in [-0.4, -0.2) is 19.5 Å². The van der Waals surface area contributed by atoms with Crippen molar-refractivity contribution >= 4 is 87.3 Å². The van der Waals surface area contributed by atoms with Crippen molar-refractivity contribution in [2.75, 3.05) is 0 Å². The van der Waals surface area contributed by atoms with E-state index in [4.69, 9.17) is 26.6 Å². The summed E-state index contributed by atoms with van der Waals surface area (Å²) in [6, 6.07) is 66.4. The van der Waals surface area contributed by atoms with E-state index in [9.17, 15) is 0 Å². The zero-order valence-electron chi connectivity index (χ0n) is 31.1. The summed E-state index contributed by atoms with van der Waals surface area (Å²) >= 11 is 6.69. The minimum atomic E-state index is 0.618. The Morgan fingerprint density at radius 2 is 0.879 bits per heavy atom. The third-order valence-corrected chi connectivity index (χ3v) is 11.8. The molecule has 0 spiro atoms. The summed E-state index contributed by atoms with van der Waals surface area (Å²) in [5.41, 5.74) is 6.11. The molecule has 0 aliphatic rings. The zero-order valence-corrected chi connectivity index (χ0v) is 31.8. The Balaban J connectivity index is 1.08. The lowest BCUT2D eigenvalue weighted by molar-refractivity contribution is 1.08. The fourth-order valence-electron chi connectivity index (χ4n) is 8.86. The number of fused-ring (bicyclic) bond motifs is 9. The van der Waals surface area contributed by atoms with Gasteiger partial charge in [-0.25, -0.2) is 15.0 Å². The van der Waals surface area contributed by atoms with E-state index in [0.29, 0.717) is 22.5 Å². The van der Waals surface area contributed by atoms with Crippen molar-refractivity contribution in [2.45, 2.75) is 0 Å². The van der Waals surface area contributed by atoms with Crippen molar-refractivity contribution < 1.29 is 0 Å². The third kappa shape index (κ3) is 5.19. The van der Waals surface area contributed by atoms with E-state index in [-0.39, 0.29) is 0 Å².